The summed E-state index contributed by atoms with van der Waals surface area (Å²) < 4.78 is 5.57. The number of ether oxygens (including phenoxy) is 1. The van der Waals surface area contributed by atoms with Crippen molar-refractivity contribution in [3.8, 4) is 5.75 Å². The molecule has 1 aliphatic rings. The molecule has 96 valence electrons. The minimum absolute atomic E-state index is 0.265. The standard InChI is InChI=1S/C13H10ClN3O2/c14-9-2-3-10-8(6-9)7-11(19-10)12(18)17-13-15-4-1-5-16-13/h1-6,11H,7H2,(H,15,16,17,18)/t11-/m0/s1. The molecule has 0 aliphatic carbocycles. The lowest BCUT2D eigenvalue weighted by Gasteiger charge is -2.09. The van der Waals surface area contributed by atoms with Gasteiger partial charge >= 0.3 is 0 Å². The van der Waals surface area contributed by atoms with Crippen LogP contribution in [0.5, 0.6) is 5.75 Å². The minimum atomic E-state index is -0.572. The zero-order valence-corrected chi connectivity index (χ0v) is 10.6. The summed E-state index contributed by atoms with van der Waals surface area (Å²) in [5.41, 5.74) is 0.932. The van der Waals surface area contributed by atoms with Crippen LogP contribution in [0.1, 0.15) is 5.56 Å². The average Bonchev–Trinajstić information content (AvgIpc) is 2.83. The first-order valence-electron chi connectivity index (χ1n) is 5.75. The van der Waals surface area contributed by atoms with E-state index in [2.05, 4.69) is 15.3 Å². The van der Waals surface area contributed by atoms with Gasteiger partial charge in [-0.1, -0.05) is 11.6 Å². The van der Waals surface area contributed by atoms with Gasteiger partial charge in [-0.25, -0.2) is 9.97 Å². The second-order valence-corrected chi connectivity index (χ2v) is 4.56. The number of amides is 1. The zero-order chi connectivity index (χ0) is 13.2. The van der Waals surface area contributed by atoms with Crippen molar-refractivity contribution in [3.63, 3.8) is 0 Å². The van der Waals surface area contributed by atoms with Gasteiger partial charge in [0.05, 0.1) is 0 Å². The number of rotatable bonds is 2. The molecule has 0 spiro atoms. The van der Waals surface area contributed by atoms with E-state index in [1.165, 1.54) is 0 Å². The summed E-state index contributed by atoms with van der Waals surface area (Å²) in [4.78, 5) is 19.9. The van der Waals surface area contributed by atoms with Crippen LogP contribution < -0.4 is 10.1 Å². The number of hydrogen-bond donors (Lipinski definition) is 1. The second kappa shape index (κ2) is 4.85. The van der Waals surface area contributed by atoms with Crippen LogP contribution in [0.15, 0.2) is 36.7 Å². The van der Waals surface area contributed by atoms with Crippen molar-refractivity contribution in [2.45, 2.75) is 12.5 Å². The Bertz CT molecular complexity index is 619. The number of nitrogens with zero attached hydrogens (tertiary/aromatic N) is 2. The summed E-state index contributed by atoms with van der Waals surface area (Å²) in [5, 5.41) is 3.25. The van der Waals surface area contributed by atoms with E-state index in [1.807, 2.05) is 6.07 Å². The third-order valence-electron chi connectivity index (χ3n) is 2.79. The van der Waals surface area contributed by atoms with Gasteiger partial charge in [0.25, 0.3) is 5.91 Å². The Labute approximate surface area is 114 Å². The van der Waals surface area contributed by atoms with E-state index in [0.717, 1.165) is 5.56 Å². The van der Waals surface area contributed by atoms with Crippen molar-refractivity contribution in [2.24, 2.45) is 0 Å². The average molecular weight is 276 g/mol. The monoisotopic (exact) mass is 275 g/mol. The minimum Gasteiger partial charge on any atom is -0.480 e. The number of anilines is 1. The maximum atomic E-state index is 12.0. The van der Waals surface area contributed by atoms with Gasteiger partial charge < -0.3 is 4.74 Å². The largest absolute Gasteiger partial charge is 0.480 e. The number of hydrogen-bond acceptors (Lipinski definition) is 4. The van der Waals surface area contributed by atoms with Crippen molar-refractivity contribution in [2.75, 3.05) is 5.32 Å². The Hall–Kier alpha value is -2.14. The zero-order valence-electron chi connectivity index (χ0n) is 9.84. The smallest absolute Gasteiger partial charge is 0.268 e. The molecule has 0 saturated carbocycles. The fourth-order valence-electron chi connectivity index (χ4n) is 1.92. The third kappa shape index (κ3) is 2.51. The normalized spacial score (nSPS) is 16.6. The SMILES string of the molecule is O=C(Nc1ncccn1)[C@@H]1Cc2cc(Cl)ccc2O1. The first kappa shape index (κ1) is 11.9. The van der Waals surface area contributed by atoms with Crippen molar-refractivity contribution in [1.29, 1.82) is 0 Å². The number of halogens is 1. The molecular formula is C13H10ClN3O2. The van der Waals surface area contributed by atoms with Gasteiger partial charge in [0.15, 0.2) is 6.10 Å². The van der Waals surface area contributed by atoms with Crippen LogP contribution in [0.25, 0.3) is 0 Å². The number of benzene rings is 1. The molecule has 1 atom stereocenters. The van der Waals surface area contributed by atoms with Crippen LogP contribution in [0.4, 0.5) is 5.95 Å². The molecule has 0 saturated heterocycles. The van der Waals surface area contributed by atoms with E-state index < -0.39 is 6.10 Å². The molecule has 1 amide bonds. The highest BCUT2D eigenvalue weighted by Gasteiger charge is 2.29. The molecule has 19 heavy (non-hydrogen) atoms. The summed E-state index contributed by atoms with van der Waals surface area (Å²) in [6, 6.07) is 6.99. The maximum absolute atomic E-state index is 12.0. The molecule has 3 rings (SSSR count). The lowest BCUT2D eigenvalue weighted by atomic mass is 10.1. The van der Waals surface area contributed by atoms with Crippen molar-refractivity contribution >= 4 is 23.5 Å². The van der Waals surface area contributed by atoms with E-state index in [1.54, 1.807) is 30.6 Å². The quantitative estimate of drug-likeness (QED) is 0.911. The Morgan fingerprint density at radius 2 is 2.16 bits per heavy atom. The maximum Gasteiger partial charge on any atom is 0.268 e. The van der Waals surface area contributed by atoms with Crippen LogP contribution in [0.3, 0.4) is 0 Å². The highest BCUT2D eigenvalue weighted by atomic mass is 35.5. The van der Waals surface area contributed by atoms with Gasteiger partial charge in [0.1, 0.15) is 5.75 Å². The van der Waals surface area contributed by atoms with Crippen LogP contribution in [-0.4, -0.2) is 22.0 Å². The van der Waals surface area contributed by atoms with Crippen LogP contribution in [-0.2, 0) is 11.2 Å². The molecule has 2 aromatic rings. The molecule has 1 N–H and O–H groups in total. The number of nitrogens with one attached hydrogen (secondary N) is 1. The molecule has 1 aliphatic heterocycles. The lowest BCUT2D eigenvalue weighted by Crippen LogP contribution is -2.32. The van der Waals surface area contributed by atoms with E-state index in [-0.39, 0.29) is 11.9 Å². The van der Waals surface area contributed by atoms with E-state index in [9.17, 15) is 4.79 Å². The number of carbonyl (C=O) groups is 1. The van der Waals surface area contributed by atoms with Crippen molar-refractivity contribution < 1.29 is 9.53 Å². The highest BCUT2D eigenvalue weighted by molar-refractivity contribution is 6.30. The fourth-order valence-corrected chi connectivity index (χ4v) is 2.11. The Kier molecular flexibility index (Phi) is 3.05. The molecule has 2 heterocycles. The van der Waals surface area contributed by atoms with Gasteiger partial charge in [-0.2, -0.15) is 0 Å². The van der Waals surface area contributed by atoms with Gasteiger partial charge in [0.2, 0.25) is 5.95 Å². The Morgan fingerprint density at radius 1 is 1.37 bits per heavy atom. The van der Waals surface area contributed by atoms with Gasteiger partial charge in [-0.05, 0) is 29.8 Å². The molecule has 0 unspecified atom stereocenters. The molecule has 6 heteroatoms. The van der Waals surface area contributed by atoms with E-state index >= 15 is 0 Å². The first-order chi connectivity index (χ1) is 9.22. The lowest BCUT2D eigenvalue weighted by molar-refractivity contribution is -0.122. The first-order valence-corrected chi connectivity index (χ1v) is 6.13. The van der Waals surface area contributed by atoms with Gasteiger partial charge in [-0.15, -0.1) is 0 Å². The highest BCUT2D eigenvalue weighted by Crippen LogP contribution is 2.31. The molecule has 0 radical (unpaired) electrons. The van der Waals surface area contributed by atoms with Crippen LogP contribution in [0, 0.1) is 0 Å². The molecular weight excluding hydrogens is 266 g/mol. The Morgan fingerprint density at radius 3 is 2.95 bits per heavy atom. The summed E-state index contributed by atoms with van der Waals surface area (Å²) in [6.45, 7) is 0. The van der Waals surface area contributed by atoms with Gasteiger partial charge in [0, 0.05) is 23.8 Å². The van der Waals surface area contributed by atoms with Crippen molar-refractivity contribution in [3.05, 3.63) is 47.2 Å². The molecule has 0 fully saturated rings. The van der Waals surface area contributed by atoms with Crippen LogP contribution in [0.2, 0.25) is 5.02 Å². The molecule has 0 bridgehead atoms. The predicted octanol–water partition coefficient (Wildman–Crippen LogP) is 2.07. The Balaban J connectivity index is 1.71. The second-order valence-electron chi connectivity index (χ2n) is 4.12. The number of aromatic nitrogens is 2. The summed E-state index contributed by atoms with van der Waals surface area (Å²) in [6.07, 6.45) is 3.05. The van der Waals surface area contributed by atoms with Crippen molar-refractivity contribution in [1.82, 2.24) is 9.97 Å². The fraction of sp³-hybridized carbons (Fsp3) is 0.154. The predicted molar refractivity (Wildman–Crippen MR) is 70.2 cm³/mol. The number of carbonyl (C=O) groups excluding carboxylic acids is 1. The molecule has 1 aromatic carbocycles. The summed E-state index contributed by atoms with van der Waals surface area (Å²) >= 11 is 5.90. The van der Waals surface area contributed by atoms with Gasteiger partial charge in [-0.3, -0.25) is 10.1 Å². The molecule has 5 nitrogen and oxygen atoms in total. The number of fused-ring (bicyclic) bond motifs is 1. The molecule has 1 aromatic heterocycles. The van der Waals surface area contributed by atoms with E-state index in [4.69, 9.17) is 16.3 Å². The third-order valence-corrected chi connectivity index (χ3v) is 3.03. The summed E-state index contributed by atoms with van der Waals surface area (Å²) in [7, 11) is 0. The van der Waals surface area contributed by atoms with E-state index in [0.29, 0.717) is 17.2 Å². The summed E-state index contributed by atoms with van der Waals surface area (Å²) in [5.74, 6) is 0.696. The van der Waals surface area contributed by atoms with Crippen LogP contribution >= 0.6 is 11.6 Å². The topological polar surface area (TPSA) is 64.1 Å².